The molecule has 7 heteroatoms. The fourth-order valence-electron chi connectivity index (χ4n) is 1.48. The zero-order valence-corrected chi connectivity index (χ0v) is 12.8. The highest BCUT2D eigenvalue weighted by molar-refractivity contribution is 7.80. The molecule has 0 atom stereocenters. The minimum atomic E-state index is -0.317. The van der Waals surface area contributed by atoms with Crippen LogP contribution in [0.4, 0.5) is 5.82 Å². The van der Waals surface area contributed by atoms with Crippen molar-refractivity contribution in [3.05, 3.63) is 18.3 Å². The van der Waals surface area contributed by atoms with Crippen molar-refractivity contribution in [1.82, 2.24) is 10.3 Å². The van der Waals surface area contributed by atoms with Crippen LogP contribution in [0.15, 0.2) is 18.3 Å². The number of aromatic nitrogens is 1. The van der Waals surface area contributed by atoms with Crippen molar-refractivity contribution in [3.63, 3.8) is 0 Å². The van der Waals surface area contributed by atoms with Crippen molar-refractivity contribution in [2.24, 2.45) is 0 Å². The fourth-order valence-corrected chi connectivity index (χ4v) is 1.67. The molecule has 0 radical (unpaired) electrons. The van der Waals surface area contributed by atoms with E-state index in [2.05, 4.69) is 15.6 Å². The van der Waals surface area contributed by atoms with Crippen LogP contribution in [0.3, 0.4) is 0 Å². The predicted octanol–water partition coefficient (Wildman–Crippen LogP) is 1.78. The first-order valence-corrected chi connectivity index (χ1v) is 6.88. The van der Waals surface area contributed by atoms with Gasteiger partial charge in [0.05, 0.1) is 13.7 Å². The molecule has 20 heavy (non-hydrogen) atoms. The molecule has 0 bridgehead atoms. The summed E-state index contributed by atoms with van der Waals surface area (Å²) in [5.74, 6) is 1.33. The first-order valence-electron chi connectivity index (χ1n) is 6.47. The minimum absolute atomic E-state index is 0.317. The van der Waals surface area contributed by atoms with Gasteiger partial charge in [0.1, 0.15) is 11.6 Å². The smallest absolute Gasteiger partial charge is 0.174 e. The fraction of sp³-hybridized carbons (Fsp3) is 0.538. The summed E-state index contributed by atoms with van der Waals surface area (Å²) in [5, 5.41) is 6.46. The van der Waals surface area contributed by atoms with Crippen molar-refractivity contribution >= 4 is 23.1 Å². The number of rotatable bonds is 8. The second kappa shape index (κ2) is 9.46. The maximum Gasteiger partial charge on any atom is 0.174 e. The van der Waals surface area contributed by atoms with Gasteiger partial charge in [-0.2, -0.15) is 0 Å². The standard InChI is InChI=1S/C13H21N3O3S/c1-4-18-12(19-5-2)9-15-13(20)16-11-8-10(17-3)6-7-14-11/h6-8,12H,4-5,9H2,1-3H3,(H2,14,15,16,20). The quantitative estimate of drug-likeness (QED) is 0.560. The van der Waals surface area contributed by atoms with Crippen LogP contribution in [0, 0.1) is 0 Å². The Bertz CT molecular complexity index is 412. The Morgan fingerprint density at radius 3 is 2.65 bits per heavy atom. The lowest BCUT2D eigenvalue weighted by Gasteiger charge is -2.18. The summed E-state index contributed by atoms with van der Waals surface area (Å²) in [6.45, 7) is 5.48. The highest BCUT2D eigenvalue weighted by atomic mass is 32.1. The molecule has 6 nitrogen and oxygen atoms in total. The van der Waals surface area contributed by atoms with Gasteiger partial charge in [-0.05, 0) is 32.1 Å². The second-order valence-corrected chi connectivity index (χ2v) is 4.16. The van der Waals surface area contributed by atoms with E-state index >= 15 is 0 Å². The van der Waals surface area contributed by atoms with E-state index < -0.39 is 0 Å². The highest BCUT2D eigenvalue weighted by Crippen LogP contribution is 2.13. The van der Waals surface area contributed by atoms with Gasteiger partial charge in [0.25, 0.3) is 0 Å². The Morgan fingerprint density at radius 1 is 1.35 bits per heavy atom. The number of hydrogen-bond acceptors (Lipinski definition) is 5. The average molecular weight is 299 g/mol. The van der Waals surface area contributed by atoms with Gasteiger partial charge in [-0.1, -0.05) is 0 Å². The number of thiocarbonyl (C=S) groups is 1. The zero-order valence-electron chi connectivity index (χ0n) is 12.0. The van der Waals surface area contributed by atoms with Gasteiger partial charge in [0, 0.05) is 25.5 Å². The van der Waals surface area contributed by atoms with Crippen molar-refractivity contribution in [2.45, 2.75) is 20.1 Å². The molecular weight excluding hydrogens is 278 g/mol. The Labute approximate surface area is 124 Å². The number of pyridine rings is 1. The van der Waals surface area contributed by atoms with Crippen LogP contribution in [0.1, 0.15) is 13.8 Å². The van der Waals surface area contributed by atoms with Gasteiger partial charge in [0.15, 0.2) is 11.4 Å². The molecule has 0 saturated carbocycles. The van der Waals surface area contributed by atoms with Gasteiger partial charge >= 0.3 is 0 Å². The van der Waals surface area contributed by atoms with E-state index in [0.717, 1.165) is 0 Å². The van der Waals surface area contributed by atoms with Gasteiger partial charge in [-0.25, -0.2) is 4.98 Å². The molecule has 2 N–H and O–H groups in total. The molecule has 1 heterocycles. The topological polar surface area (TPSA) is 64.6 Å². The number of anilines is 1. The maximum atomic E-state index is 5.41. The van der Waals surface area contributed by atoms with Crippen molar-refractivity contribution in [3.8, 4) is 5.75 Å². The Balaban J connectivity index is 2.42. The number of hydrogen-bond donors (Lipinski definition) is 2. The van der Waals surface area contributed by atoms with Crippen molar-refractivity contribution in [1.29, 1.82) is 0 Å². The predicted molar refractivity (Wildman–Crippen MR) is 82.1 cm³/mol. The summed E-state index contributed by atoms with van der Waals surface area (Å²) in [6.07, 6.45) is 1.33. The Kier molecular flexibility index (Phi) is 7.86. The van der Waals surface area contributed by atoms with Crippen molar-refractivity contribution in [2.75, 3.05) is 32.2 Å². The third-order valence-corrected chi connectivity index (χ3v) is 2.59. The van der Waals surface area contributed by atoms with Crippen LogP contribution in [-0.4, -0.2) is 43.3 Å². The number of nitrogens with zero attached hydrogens (tertiary/aromatic N) is 1. The summed E-state index contributed by atoms with van der Waals surface area (Å²) in [6, 6.07) is 3.53. The van der Waals surface area contributed by atoms with Gasteiger partial charge in [-0.3, -0.25) is 0 Å². The molecule has 0 saturated heterocycles. The summed E-state index contributed by atoms with van der Waals surface area (Å²) in [4.78, 5) is 4.15. The third kappa shape index (κ3) is 6.14. The Hall–Kier alpha value is -1.44. The van der Waals surface area contributed by atoms with E-state index in [1.807, 2.05) is 13.8 Å². The highest BCUT2D eigenvalue weighted by Gasteiger charge is 2.08. The first kappa shape index (κ1) is 16.6. The molecule has 0 amide bonds. The molecule has 1 aromatic heterocycles. The normalized spacial score (nSPS) is 10.4. The summed E-state index contributed by atoms with van der Waals surface area (Å²) >= 11 is 5.19. The monoisotopic (exact) mass is 299 g/mol. The van der Waals surface area contributed by atoms with Crippen LogP contribution in [0.5, 0.6) is 5.75 Å². The van der Waals surface area contributed by atoms with Crippen molar-refractivity contribution < 1.29 is 14.2 Å². The van der Waals surface area contributed by atoms with E-state index in [0.29, 0.717) is 36.4 Å². The summed E-state index contributed by atoms with van der Waals surface area (Å²) < 4.78 is 15.9. The minimum Gasteiger partial charge on any atom is -0.497 e. The summed E-state index contributed by atoms with van der Waals surface area (Å²) in [5.41, 5.74) is 0. The number of ether oxygens (including phenoxy) is 3. The van der Waals surface area contributed by atoms with E-state index in [1.54, 1.807) is 25.4 Å². The van der Waals surface area contributed by atoms with E-state index in [1.165, 1.54) is 0 Å². The van der Waals surface area contributed by atoms with E-state index in [4.69, 9.17) is 26.4 Å². The average Bonchev–Trinajstić information content (AvgIpc) is 2.45. The van der Waals surface area contributed by atoms with Gasteiger partial charge < -0.3 is 24.8 Å². The lowest BCUT2D eigenvalue weighted by molar-refractivity contribution is -0.130. The molecule has 0 fully saturated rings. The van der Waals surface area contributed by atoms with Crippen LogP contribution in [-0.2, 0) is 9.47 Å². The largest absolute Gasteiger partial charge is 0.497 e. The maximum absolute atomic E-state index is 5.41. The van der Waals surface area contributed by atoms with Crippen LogP contribution < -0.4 is 15.4 Å². The number of methoxy groups -OCH3 is 1. The van der Waals surface area contributed by atoms with Gasteiger partial charge in [-0.15, -0.1) is 0 Å². The lowest BCUT2D eigenvalue weighted by Crippen LogP contribution is -2.37. The first-order chi connectivity index (χ1) is 9.69. The van der Waals surface area contributed by atoms with Crippen LogP contribution >= 0.6 is 12.2 Å². The third-order valence-electron chi connectivity index (χ3n) is 2.34. The molecule has 0 spiro atoms. The lowest BCUT2D eigenvalue weighted by atomic mass is 10.4. The second-order valence-electron chi connectivity index (χ2n) is 3.76. The zero-order chi connectivity index (χ0) is 14.8. The van der Waals surface area contributed by atoms with Crippen LogP contribution in [0.2, 0.25) is 0 Å². The molecule has 112 valence electrons. The molecule has 1 aromatic rings. The van der Waals surface area contributed by atoms with E-state index in [-0.39, 0.29) is 6.29 Å². The molecular formula is C13H21N3O3S. The van der Waals surface area contributed by atoms with Gasteiger partial charge in [0.2, 0.25) is 0 Å². The molecule has 0 aliphatic rings. The Morgan fingerprint density at radius 2 is 2.05 bits per heavy atom. The SMILES string of the molecule is CCOC(CNC(=S)Nc1cc(OC)ccn1)OCC. The molecule has 0 unspecified atom stereocenters. The molecule has 1 rings (SSSR count). The number of nitrogens with one attached hydrogen (secondary N) is 2. The van der Waals surface area contributed by atoms with E-state index in [9.17, 15) is 0 Å². The molecule has 0 aliphatic carbocycles. The van der Waals surface area contributed by atoms with Crippen LogP contribution in [0.25, 0.3) is 0 Å². The molecule has 0 aromatic carbocycles. The summed E-state index contributed by atoms with van der Waals surface area (Å²) in [7, 11) is 1.60. The molecule has 0 aliphatic heterocycles.